The number of thioether (sulfide) groups is 1. The van der Waals surface area contributed by atoms with Crippen molar-refractivity contribution in [1.29, 1.82) is 0 Å². The highest BCUT2D eigenvalue weighted by Gasteiger charge is 1.99. The van der Waals surface area contributed by atoms with Crippen LogP contribution in [0.4, 0.5) is 0 Å². The molecule has 0 fully saturated rings. The van der Waals surface area contributed by atoms with E-state index in [9.17, 15) is 4.79 Å². The fourth-order valence-corrected chi connectivity index (χ4v) is 2.01. The van der Waals surface area contributed by atoms with E-state index in [1.165, 1.54) is 0 Å². The molecule has 0 amide bonds. The van der Waals surface area contributed by atoms with Gasteiger partial charge in [0.15, 0.2) is 0 Å². The molecule has 1 heterocycles. The lowest BCUT2D eigenvalue weighted by atomic mass is 10.2. The zero-order valence-electron chi connectivity index (χ0n) is 7.92. The Balaban J connectivity index is 2.01. The SMILES string of the molecule is O=Cc1cccc(SCc2cnoc2)c1. The topological polar surface area (TPSA) is 43.1 Å². The molecular formula is C11H9NO2S. The summed E-state index contributed by atoms with van der Waals surface area (Å²) in [6.07, 6.45) is 4.16. The summed E-state index contributed by atoms with van der Waals surface area (Å²) in [6.45, 7) is 0. The number of benzene rings is 1. The van der Waals surface area contributed by atoms with E-state index < -0.39 is 0 Å². The van der Waals surface area contributed by atoms with Crippen LogP contribution in [0.2, 0.25) is 0 Å². The quantitative estimate of drug-likeness (QED) is 0.585. The molecule has 0 aliphatic carbocycles. The minimum Gasteiger partial charge on any atom is -0.364 e. The van der Waals surface area contributed by atoms with E-state index in [0.717, 1.165) is 22.5 Å². The van der Waals surface area contributed by atoms with E-state index in [0.29, 0.717) is 5.56 Å². The van der Waals surface area contributed by atoms with Gasteiger partial charge >= 0.3 is 0 Å². The number of nitrogens with zero attached hydrogens (tertiary/aromatic N) is 1. The molecule has 0 aliphatic rings. The van der Waals surface area contributed by atoms with E-state index in [2.05, 4.69) is 5.16 Å². The van der Waals surface area contributed by atoms with Crippen LogP contribution in [0.1, 0.15) is 15.9 Å². The van der Waals surface area contributed by atoms with Crippen LogP contribution in [0.3, 0.4) is 0 Å². The summed E-state index contributed by atoms with van der Waals surface area (Å²) in [4.78, 5) is 11.6. The molecule has 0 N–H and O–H groups in total. The second-order valence-corrected chi connectivity index (χ2v) is 4.06. The lowest BCUT2D eigenvalue weighted by Crippen LogP contribution is -1.81. The average molecular weight is 219 g/mol. The zero-order chi connectivity index (χ0) is 10.5. The van der Waals surface area contributed by atoms with Gasteiger partial charge in [0.1, 0.15) is 12.5 Å². The van der Waals surface area contributed by atoms with E-state index in [4.69, 9.17) is 4.52 Å². The van der Waals surface area contributed by atoms with Gasteiger partial charge in [-0.3, -0.25) is 4.79 Å². The zero-order valence-corrected chi connectivity index (χ0v) is 8.74. The van der Waals surface area contributed by atoms with Gasteiger partial charge < -0.3 is 4.52 Å². The van der Waals surface area contributed by atoms with E-state index in [1.54, 1.807) is 30.3 Å². The van der Waals surface area contributed by atoms with Crippen molar-refractivity contribution in [3.8, 4) is 0 Å². The van der Waals surface area contributed by atoms with Crippen molar-refractivity contribution in [3.63, 3.8) is 0 Å². The van der Waals surface area contributed by atoms with Crippen LogP contribution in [0.5, 0.6) is 0 Å². The van der Waals surface area contributed by atoms with Crippen molar-refractivity contribution in [2.24, 2.45) is 0 Å². The lowest BCUT2D eigenvalue weighted by Gasteiger charge is -1.99. The van der Waals surface area contributed by atoms with Gasteiger partial charge in [-0.1, -0.05) is 17.3 Å². The Labute approximate surface area is 91.5 Å². The molecule has 1 aromatic carbocycles. The van der Waals surface area contributed by atoms with Gasteiger partial charge in [0.2, 0.25) is 0 Å². The number of aldehydes is 1. The average Bonchev–Trinajstić information content (AvgIpc) is 2.79. The van der Waals surface area contributed by atoms with Crippen LogP contribution in [-0.2, 0) is 5.75 Å². The fourth-order valence-electron chi connectivity index (χ4n) is 1.14. The highest BCUT2D eigenvalue weighted by molar-refractivity contribution is 7.98. The van der Waals surface area contributed by atoms with Crippen molar-refractivity contribution < 1.29 is 9.32 Å². The molecule has 0 aliphatic heterocycles. The number of aromatic nitrogens is 1. The first-order valence-electron chi connectivity index (χ1n) is 4.45. The minimum absolute atomic E-state index is 0.699. The van der Waals surface area contributed by atoms with Gasteiger partial charge in [-0.15, -0.1) is 11.8 Å². The van der Waals surface area contributed by atoms with Crippen LogP contribution in [0, 0.1) is 0 Å². The molecule has 1 aromatic heterocycles. The summed E-state index contributed by atoms with van der Waals surface area (Å²) in [5.74, 6) is 0.797. The molecule has 2 aromatic rings. The Morgan fingerprint density at radius 2 is 2.40 bits per heavy atom. The van der Waals surface area contributed by atoms with Gasteiger partial charge in [0, 0.05) is 21.8 Å². The van der Waals surface area contributed by atoms with Crippen molar-refractivity contribution in [2.75, 3.05) is 0 Å². The van der Waals surface area contributed by atoms with Gasteiger partial charge in [-0.2, -0.15) is 0 Å². The third-order valence-corrected chi connectivity index (χ3v) is 2.95. The summed E-state index contributed by atoms with van der Waals surface area (Å²) in [5.41, 5.74) is 1.74. The van der Waals surface area contributed by atoms with E-state index >= 15 is 0 Å². The molecule has 4 heteroatoms. The van der Waals surface area contributed by atoms with Crippen molar-refractivity contribution >= 4 is 18.0 Å². The number of carbonyl (C=O) groups excluding carboxylic acids is 1. The molecule has 0 radical (unpaired) electrons. The smallest absolute Gasteiger partial charge is 0.150 e. The third kappa shape index (κ3) is 2.70. The fraction of sp³-hybridized carbons (Fsp3) is 0.0909. The number of hydrogen-bond acceptors (Lipinski definition) is 4. The number of carbonyl (C=O) groups is 1. The maximum Gasteiger partial charge on any atom is 0.150 e. The largest absolute Gasteiger partial charge is 0.364 e. The van der Waals surface area contributed by atoms with Crippen LogP contribution < -0.4 is 0 Å². The molecule has 15 heavy (non-hydrogen) atoms. The first-order valence-corrected chi connectivity index (χ1v) is 5.43. The summed E-state index contributed by atoms with van der Waals surface area (Å²) < 4.78 is 4.73. The van der Waals surface area contributed by atoms with Gasteiger partial charge in [-0.25, -0.2) is 0 Å². The predicted octanol–water partition coefficient (Wildman–Crippen LogP) is 2.78. The molecule has 0 spiro atoms. The molecule has 0 unspecified atom stereocenters. The monoisotopic (exact) mass is 219 g/mol. The molecule has 3 nitrogen and oxygen atoms in total. The molecule has 0 saturated carbocycles. The minimum atomic E-state index is 0.699. The van der Waals surface area contributed by atoms with Crippen molar-refractivity contribution in [3.05, 3.63) is 47.9 Å². The van der Waals surface area contributed by atoms with Crippen LogP contribution >= 0.6 is 11.8 Å². The standard InChI is InChI=1S/C11H9NO2S/c13-6-9-2-1-3-11(4-9)15-8-10-5-12-14-7-10/h1-7H,8H2. The van der Waals surface area contributed by atoms with E-state index in [1.807, 2.05) is 18.2 Å². The Morgan fingerprint density at radius 1 is 1.47 bits per heavy atom. The first kappa shape index (κ1) is 9.98. The Bertz CT molecular complexity index is 440. The van der Waals surface area contributed by atoms with Gasteiger partial charge in [0.25, 0.3) is 0 Å². The van der Waals surface area contributed by atoms with Crippen LogP contribution in [-0.4, -0.2) is 11.4 Å². The van der Waals surface area contributed by atoms with Crippen LogP contribution in [0.15, 0.2) is 46.1 Å². The van der Waals surface area contributed by atoms with E-state index in [-0.39, 0.29) is 0 Å². The molecule has 0 atom stereocenters. The highest BCUT2D eigenvalue weighted by Crippen LogP contribution is 2.22. The molecular weight excluding hydrogens is 210 g/mol. The maximum absolute atomic E-state index is 10.6. The normalized spacial score (nSPS) is 10.1. The first-order chi connectivity index (χ1) is 7.38. The Morgan fingerprint density at radius 3 is 3.13 bits per heavy atom. The number of rotatable bonds is 4. The van der Waals surface area contributed by atoms with Crippen LogP contribution in [0.25, 0.3) is 0 Å². The van der Waals surface area contributed by atoms with Crippen molar-refractivity contribution in [2.45, 2.75) is 10.6 Å². The Kier molecular flexibility index (Phi) is 3.19. The second-order valence-electron chi connectivity index (χ2n) is 3.01. The summed E-state index contributed by atoms with van der Waals surface area (Å²) >= 11 is 1.65. The molecule has 76 valence electrons. The van der Waals surface area contributed by atoms with Gasteiger partial charge in [0.05, 0.1) is 6.20 Å². The van der Waals surface area contributed by atoms with Crippen molar-refractivity contribution in [1.82, 2.24) is 5.16 Å². The second kappa shape index (κ2) is 4.79. The lowest BCUT2D eigenvalue weighted by molar-refractivity contribution is 0.112. The molecule has 0 saturated heterocycles. The summed E-state index contributed by atoms with van der Waals surface area (Å²) in [7, 11) is 0. The molecule has 0 bridgehead atoms. The maximum atomic E-state index is 10.6. The Hall–Kier alpha value is -1.55. The number of hydrogen-bond donors (Lipinski definition) is 0. The predicted molar refractivity (Wildman–Crippen MR) is 57.9 cm³/mol. The van der Waals surface area contributed by atoms with Gasteiger partial charge in [-0.05, 0) is 12.1 Å². The highest BCUT2D eigenvalue weighted by atomic mass is 32.2. The molecule has 2 rings (SSSR count). The summed E-state index contributed by atoms with van der Waals surface area (Å²) in [6, 6.07) is 7.51. The third-order valence-electron chi connectivity index (χ3n) is 1.88. The summed E-state index contributed by atoms with van der Waals surface area (Å²) in [5, 5.41) is 3.62.